The maximum absolute atomic E-state index is 12.4. The van der Waals surface area contributed by atoms with E-state index in [-0.39, 0.29) is 35.3 Å². The van der Waals surface area contributed by atoms with Crippen molar-refractivity contribution in [2.75, 3.05) is 32.5 Å². The normalized spacial score (nSPS) is 13.7. The van der Waals surface area contributed by atoms with Gasteiger partial charge in [0.15, 0.2) is 5.03 Å². The average Bonchev–Trinajstić information content (AvgIpc) is 2.77. The van der Waals surface area contributed by atoms with Gasteiger partial charge in [0.1, 0.15) is 12.4 Å². The van der Waals surface area contributed by atoms with E-state index in [1.165, 1.54) is 37.4 Å². The number of methoxy groups -OCH3 is 2. The van der Waals surface area contributed by atoms with Gasteiger partial charge in [-0.25, -0.2) is 14.6 Å². The van der Waals surface area contributed by atoms with E-state index < -0.39 is 16.9 Å². The van der Waals surface area contributed by atoms with Crippen molar-refractivity contribution in [3.8, 4) is 0 Å². The summed E-state index contributed by atoms with van der Waals surface area (Å²) in [6.07, 6.45) is 1.47. The molecule has 1 aliphatic heterocycles. The van der Waals surface area contributed by atoms with Crippen molar-refractivity contribution in [3.63, 3.8) is 0 Å². The van der Waals surface area contributed by atoms with E-state index in [0.29, 0.717) is 10.6 Å². The molecule has 0 saturated carbocycles. The second kappa shape index (κ2) is 9.37. The van der Waals surface area contributed by atoms with Gasteiger partial charge in [0, 0.05) is 22.8 Å². The van der Waals surface area contributed by atoms with Gasteiger partial charge in [-0.2, -0.15) is 0 Å². The number of hydrogen-bond acceptors (Lipinski definition) is 10. The first-order chi connectivity index (χ1) is 14.5. The highest BCUT2D eigenvalue weighted by Crippen LogP contribution is 2.35. The minimum Gasteiger partial charge on any atom is -0.466 e. The molecule has 1 aromatic carbocycles. The summed E-state index contributed by atoms with van der Waals surface area (Å²) in [5, 5.41) is 11.5. The summed E-state index contributed by atoms with van der Waals surface area (Å²) >= 11 is 1.10. The predicted octanol–water partition coefficient (Wildman–Crippen LogP) is 2.54. The Hall–Kier alpha value is -3.44. The molecule has 0 spiro atoms. The molecule has 0 saturated heterocycles. The van der Waals surface area contributed by atoms with Gasteiger partial charge in [0.2, 0.25) is 0 Å². The van der Waals surface area contributed by atoms with Crippen molar-refractivity contribution in [1.82, 2.24) is 4.98 Å². The molecular weight excluding hydrogens is 414 g/mol. The monoisotopic (exact) mass is 431 g/mol. The molecule has 30 heavy (non-hydrogen) atoms. The van der Waals surface area contributed by atoms with Gasteiger partial charge in [-0.15, -0.1) is 0 Å². The Morgan fingerprint density at radius 3 is 2.67 bits per heavy atom. The van der Waals surface area contributed by atoms with Crippen molar-refractivity contribution in [1.29, 1.82) is 0 Å². The number of nitro groups is 1. The second-order valence-electron chi connectivity index (χ2n) is 5.90. The molecule has 0 amide bonds. The minimum absolute atomic E-state index is 0.00276. The zero-order chi connectivity index (χ0) is 21.7. The topological polar surface area (TPSA) is 121 Å². The van der Waals surface area contributed by atoms with Gasteiger partial charge >= 0.3 is 17.6 Å². The summed E-state index contributed by atoms with van der Waals surface area (Å²) in [6, 6.07) is 9.75. The second-order valence-corrected chi connectivity index (χ2v) is 6.96. The Morgan fingerprint density at radius 1 is 1.20 bits per heavy atom. The third kappa shape index (κ3) is 4.42. The van der Waals surface area contributed by atoms with Crippen LogP contribution in [0.5, 0.6) is 0 Å². The van der Waals surface area contributed by atoms with Crippen LogP contribution in [0.2, 0.25) is 0 Å². The number of ether oxygens (including phenoxy) is 3. The molecule has 0 radical (unpaired) electrons. The summed E-state index contributed by atoms with van der Waals surface area (Å²) in [5.74, 6) is -1.41. The molecule has 2 heterocycles. The van der Waals surface area contributed by atoms with Crippen molar-refractivity contribution < 1.29 is 28.7 Å². The molecule has 0 N–H and O–H groups in total. The van der Waals surface area contributed by atoms with Crippen molar-refractivity contribution in [2.24, 2.45) is 0 Å². The Morgan fingerprint density at radius 2 is 1.97 bits per heavy atom. The van der Waals surface area contributed by atoms with E-state index in [0.717, 1.165) is 11.8 Å². The fourth-order valence-electron chi connectivity index (χ4n) is 2.77. The van der Waals surface area contributed by atoms with Crippen LogP contribution in [0.4, 0.5) is 11.4 Å². The van der Waals surface area contributed by atoms with E-state index >= 15 is 0 Å². The Bertz CT molecular complexity index is 1020. The average molecular weight is 431 g/mol. The maximum atomic E-state index is 12.4. The summed E-state index contributed by atoms with van der Waals surface area (Å²) in [4.78, 5) is 41.5. The number of anilines is 1. The van der Waals surface area contributed by atoms with Gasteiger partial charge < -0.3 is 19.1 Å². The molecule has 11 heteroatoms. The zero-order valence-corrected chi connectivity index (χ0v) is 16.9. The Balaban J connectivity index is 1.99. The van der Waals surface area contributed by atoms with E-state index in [1.807, 2.05) is 0 Å². The van der Waals surface area contributed by atoms with Crippen molar-refractivity contribution in [3.05, 3.63) is 64.0 Å². The highest BCUT2D eigenvalue weighted by Gasteiger charge is 2.32. The van der Waals surface area contributed by atoms with Crippen LogP contribution in [0, 0.1) is 10.1 Å². The van der Waals surface area contributed by atoms with Crippen LogP contribution in [0.3, 0.4) is 0 Å². The first-order valence-electron chi connectivity index (χ1n) is 8.58. The predicted molar refractivity (Wildman–Crippen MR) is 106 cm³/mol. The first kappa shape index (κ1) is 21.3. The summed E-state index contributed by atoms with van der Waals surface area (Å²) in [6.45, 7) is -0.0923. The number of carbonyl (C=O) groups is 2. The van der Waals surface area contributed by atoms with E-state index in [4.69, 9.17) is 14.2 Å². The van der Waals surface area contributed by atoms with E-state index in [2.05, 4.69) is 4.98 Å². The molecule has 0 unspecified atom stereocenters. The summed E-state index contributed by atoms with van der Waals surface area (Å²) in [5.41, 5.74) is 0.466. The lowest BCUT2D eigenvalue weighted by atomic mass is 10.1. The van der Waals surface area contributed by atoms with Gasteiger partial charge in [0.05, 0.1) is 31.3 Å². The molecule has 0 bridgehead atoms. The third-order valence-corrected chi connectivity index (χ3v) is 5.12. The number of benzene rings is 1. The largest absolute Gasteiger partial charge is 0.466 e. The van der Waals surface area contributed by atoms with Crippen molar-refractivity contribution >= 4 is 35.1 Å². The molecule has 0 atom stereocenters. The number of hydrogen-bond donors (Lipinski definition) is 0. The molecule has 2 aromatic rings. The molecule has 156 valence electrons. The number of rotatable bonds is 6. The summed E-state index contributed by atoms with van der Waals surface area (Å²) in [7, 11) is 2.42. The van der Waals surface area contributed by atoms with E-state index in [9.17, 15) is 19.7 Å². The SMILES string of the molecule is COC(=O)C1=C(C(=O)OC)N(c2cccc(Sc3ncccc3[N+](=O)[O-])c2)COC1. The fourth-order valence-corrected chi connectivity index (χ4v) is 3.68. The van der Waals surface area contributed by atoms with Crippen molar-refractivity contribution in [2.45, 2.75) is 9.92 Å². The standard InChI is InChI=1S/C19H17N3O7S/c1-27-18(23)14-10-29-11-21(16(14)19(24)28-2)12-5-3-6-13(9-12)30-17-15(22(25)26)7-4-8-20-17/h3-9H,10-11H2,1-2H3. The number of aromatic nitrogens is 1. The number of carbonyl (C=O) groups excluding carboxylic acids is 2. The number of nitrogens with zero attached hydrogens (tertiary/aromatic N) is 3. The zero-order valence-electron chi connectivity index (χ0n) is 16.1. The molecule has 0 fully saturated rings. The molecule has 1 aromatic heterocycles. The highest BCUT2D eigenvalue weighted by atomic mass is 32.2. The molecule has 1 aliphatic rings. The Labute approximate surface area is 175 Å². The molecule has 3 rings (SSSR count). The lowest BCUT2D eigenvalue weighted by Gasteiger charge is -2.31. The number of esters is 2. The third-order valence-electron chi connectivity index (χ3n) is 4.12. The van der Waals surface area contributed by atoms with Crippen LogP contribution in [-0.2, 0) is 23.8 Å². The smallest absolute Gasteiger partial charge is 0.355 e. The minimum atomic E-state index is -0.711. The van der Waals surface area contributed by atoms with Crippen LogP contribution >= 0.6 is 11.8 Å². The van der Waals surface area contributed by atoms with Crippen LogP contribution in [0.15, 0.2) is 63.8 Å². The maximum Gasteiger partial charge on any atom is 0.355 e. The molecule has 10 nitrogen and oxygen atoms in total. The molecular formula is C19H17N3O7S. The lowest BCUT2D eigenvalue weighted by Crippen LogP contribution is -2.38. The first-order valence-corrected chi connectivity index (χ1v) is 9.40. The highest BCUT2D eigenvalue weighted by molar-refractivity contribution is 7.99. The fraction of sp³-hybridized carbons (Fsp3) is 0.211. The van der Waals surface area contributed by atoms with Gasteiger partial charge in [-0.1, -0.05) is 17.8 Å². The van der Waals surface area contributed by atoms with Gasteiger partial charge in [-0.05, 0) is 24.3 Å². The molecule has 0 aliphatic carbocycles. The van der Waals surface area contributed by atoms with Crippen LogP contribution in [0.25, 0.3) is 0 Å². The quantitative estimate of drug-likeness (QED) is 0.383. The van der Waals surface area contributed by atoms with Crippen LogP contribution in [0.1, 0.15) is 0 Å². The van der Waals surface area contributed by atoms with E-state index in [1.54, 1.807) is 24.3 Å². The van der Waals surface area contributed by atoms with Crippen LogP contribution in [-0.4, -0.2) is 49.4 Å². The summed E-state index contributed by atoms with van der Waals surface area (Å²) < 4.78 is 15.0. The number of pyridine rings is 1. The van der Waals surface area contributed by atoms with Gasteiger partial charge in [-0.3, -0.25) is 10.1 Å². The van der Waals surface area contributed by atoms with Crippen LogP contribution < -0.4 is 4.90 Å². The Kier molecular flexibility index (Phi) is 6.65. The lowest BCUT2D eigenvalue weighted by molar-refractivity contribution is -0.388. The van der Waals surface area contributed by atoms with Gasteiger partial charge in [0.25, 0.3) is 0 Å².